The van der Waals surface area contributed by atoms with E-state index in [1.54, 1.807) is 37.6 Å². The van der Waals surface area contributed by atoms with Crippen LogP contribution >= 0.6 is 11.6 Å². The Kier molecular flexibility index (Phi) is 5.87. The van der Waals surface area contributed by atoms with Gasteiger partial charge < -0.3 is 9.47 Å². The molecule has 0 saturated heterocycles. The lowest BCUT2D eigenvalue weighted by molar-refractivity contribution is 0.284. The maximum absolute atomic E-state index is 13.3. The number of nitrogens with zero attached hydrogens (tertiary/aromatic N) is 1. The van der Waals surface area contributed by atoms with Crippen molar-refractivity contribution >= 4 is 23.5 Å². The van der Waals surface area contributed by atoms with E-state index >= 15 is 0 Å². The molecule has 0 fully saturated rings. The molecule has 0 heterocycles. The van der Waals surface area contributed by atoms with Gasteiger partial charge in [0, 0.05) is 6.21 Å². The van der Waals surface area contributed by atoms with Crippen molar-refractivity contribution in [2.75, 3.05) is 7.11 Å². The first-order valence-corrected chi connectivity index (χ1v) is 8.37. The zero-order valence-electron chi connectivity index (χ0n) is 14.2. The summed E-state index contributed by atoms with van der Waals surface area (Å²) in [5.41, 5.74) is 2.33. The SMILES string of the molecule is COc1cc(C=Nc2ccccc2)cc(Cl)c1OCc1cccc(F)c1. The minimum atomic E-state index is -0.309. The van der Waals surface area contributed by atoms with E-state index < -0.39 is 0 Å². The minimum Gasteiger partial charge on any atom is -0.493 e. The smallest absolute Gasteiger partial charge is 0.180 e. The number of methoxy groups -OCH3 is 1. The van der Waals surface area contributed by atoms with E-state index in [4.69, 9.17) is 21.1 Å². The summed E-state index contributed by atoms with van der Waals surface area (Å²) >= 11 is 6.35. The van der Waals surface area contributed by atoms with Gasteiger partial charge in [0.25, 0.3) is 0 Å². The first kappa shape index (κ1) is 18.0. The van der Waals surface area contributed by atoms with Crippen molar-refractivity contribution < 1.29 is 13.9 Å². The van der Waals surface area contributed by atoms with Crippen LogP contribution in [-0.4, -0.2) is 13.3 Å². The molecule has 0 N–H and O–H groups in total. The summed E-state index contributed by atoms with van der Waals surface area (Å²) in [5.74, 6) is 0.593. The van der Waals surface area contributed by atoms with Crippen LogP contribution in [0.3, 0.4) is 0 Å². The predicted octanol–water partition coefficient (Wildman–Crippen LogP) is 5.82. The third-order valence-corrected chi connectivity index (χ3v) is 3.92. The highest BCUT2D eigenvalue weighted by atomic mass is 35.5. The Labute approximate surface area is 156 Å². The fourth-order valence-corrected chi connectivity index (χ4v) is 2.67. The van der Waals surface area contributed by atoms with Crippen LogP contribution in [0.4, 0.5) is 10.1 Å². The topological polar surface area (TPSA) is 30.8 Å². The van der Waals surface area contributed by atoms with Crippen molar-refractivity contribution in [3.63, 3.8) is 0 Å². The maximum Gasteiger partial charge on any atom is 0.180 e. The lowest BCUT2D eigenvalue weighted by Gasteiger charge is -2.13. The van der Waals surface area contributed by atoms with Crippen LogP contribution in [0.1, 0.15) is 11.1 Å². The zero-order chi connectivity index (χ0) is 18.4. The highest BCUT2D eigenvalue weighted by Gasteiger charge is 2.12. The van der Waals surface area contributed by atoms with Gasteiger partial charge in [-0.1, -0.05) is 41.9 Å². The van der Waals surface area contributed by atoms with Crippen LogP contribution in [0, 0.1) is 5.82 Å². The highest BCUT2D eigenvalue weighted by Crippen LogP contribution is 2.36. The normalized spacial score (nSPS) is 10.9. The Hall–Kier alpha value is -2.85. The number of ether oxygens (including phenoxy) is 2. The Bertz CT molecular complexity index is 913. The highest BCUT2D eigenvalue weighted by molar-refractivity contribution is 6.32. The van der Waals surface area contributed by atoms with Crippen LogP contribution in [-0.2, 0) is 6.61 Å². The third kappa shape index (κ3) is 4.61. The molecule has 0 bridgehead atoms. The first-order chi connectivity index (χ1) is 12.7. The van der Waals surface area contributed by atoms with Crippen LogP contribution in [0.2, 0.25) is 5.02 Å². The predicted molar refractivity (Wildman–Crippen MR) is 102 cm³/mol. The molecule has 132 valence electrons. The van der Waals surface area contributed by atoms with Gasteiger partial charge in [-0.05, 0) is 47.5 Å². The summed E-state index contributed by atoms with van der Waals surface area (Å²) in [6.45, 7) is 0.186. The number of halogens is 2. The second-order valence-electron chi connectivity index (χ2n) is 5.55. The number of hydrogen-bond acceptors (Lipinski definition) is 3. The second kappa shape index (κ2) is 8.50. The van der Waals surface area contributed by atoms with Gasteiger partial charge in [-0.15, -0.1) is 0 Å². The molecule has 3 aromatic carbocycles. The van der Waals surface area contributed by atoms with E-state index in [2.05, 4.69) is 4.99 Å². The van der Waals surface area contributed by atoms with Crippen LogP contribution in [0.5, 0.6) is 11.5 Å². The lowest BCUT2D eigenvalue weighted by Crippen LogP contribution is -2.00. The fraction of sp³-hybridized carbons (Fsp3) is 0.0952. The fourth-order valence-electron chi connectivity index (χ4n) is 2.40. The van der Waals surface area contributed by atoms with Crippen LogP contribution in [0.25, 0.3) is 0 Å². The van der Waals surface area contributed by atoms with Crippen molar-refractivity contribution in [3.8, 4) is 11.5 Å². The van der Waals surface area contributed by atoms with E-state index in [0.717, 1.165) is 11.3 Å². The monoisotopic (exact) mass is 369 g/mol. The first-order valence-electron chi connectivity index (χ1n) is 7.99. The molecule has 0 aromatic heterocycles. The average molecular weight is 370 g/mol. The molecule has 3 aromatic rings. The zero-order valence-corrected chi connectivity index (χ0v) is 14.9. The van der Waals surface area contributed by atoms with Crippen molar-refractivity contribution in [2.24, 2.45) is 4.99 Å². The summed E-state index contributed by atoms with van der Waals surface area (Å²) in [6.07, 6.45) is 1.71. The maximum atomic E-state index is 13.3. The summed E-state index contributed by atoms with van der Waals surface area (Å²) in [4.78, 5) is 4.40. The number of rotatable bonds is 6. The van der Waals surface area contributed by atoms with E-state index in [9.17, 15) is 4.39 Å². The summed E-state index contributed by atoms with van der Waals surface area (Å²) in [6, 6.07) is 19.4. The molecule has 0 spiro atoms. The van der Waals surface area contributed by atoms with E-state index in [-0.39, 0.29) is 12.4 Å². The molecule has 3 rings (SSSR count). The summed E-state index contributed by atoms with van der Waals surface area (Å²) in [7, 11) is 1.54. The van der Waals surface area contributed by atoms with E-state index in [1.165, 1.54) is 12.1 Å². The number of aliphatic imine (C=N–C) groups is 1. The molecule has 0 atom stereocenters. The van der Waals surface area contributed by atoms with Gasteiger partial charge in [-0.3, -0.25) is 4.99 Å². The molecule has 26 heavy (non-hydrogen) atoms. The van der Waals surface area contributed by atoms with Crippen LogP contribution in [0.15, 0.2) is 71.7 Å². The second-order valence-corrected chi connectivity index (χ2v) is 5.95. The van der Waals surface area contributed by atoms with Gasteiger partial charge in [-0.2, -0.15) is 0 Å². The molecule has 0 unspecified atom stereocenters. The van der Waals surface area contributed by atoms with Gasteiger partial charge in [0.15, 0.2) is 11.5 Å². The number of benzene rings is 3. The van der Waals surface area contributed by atoms with Crippen molar-refractivity contribution in [3.05, 3.63) is 88.7 Å². The van der Waals surface area contributed by atoms with Gasteiger partial charge in [0.2, 0.25) is 0 Å². The Morgan fingerprint density at radius 3 is 2.58 bits per heavy atom. The molecule has 3 nitrogen and oxygen atoms in total. The number of hydrogen-bond donors (Lipinski definition) is 0. The molecule has 0 aliphatic heterocycles. The minimum absolute atomic E-state index is 0.186. The van der Waals surface area contributed by atoms with Crippen molar-refractivity contribution in [1.82, 2.24) is 0 Å². The molecule has 5 heteroatoms. The quantitative estimate of drug-likeness (QED) is 0.513. The third-order valence-electron chi connectivity index (χ3n) is 3.64. The van der Waals surface area contributed by atoms with Gasteiger partial charge >= 0.3 is 0 Å². The average Bonchev–Trinajstić information content (AvgIpc) is 2.66. The molecule has 0 radical (unpaired) electrons. The molecular weight excluding hydrogens is 353 g/mol. The molecule has 0 aliphatic carbocycles. The van der Waals surface area contributed by atoms with Crippen molar-refractivity contribution in [1.29, 1.82) is 0 Å². The van der Waals surface area contributed by atoms with Crippen LogP contribution < -0.4 is 9.47 Å². The van der Waals surface area contributed by atoms with E-state index in [1.807, 2.05) is 30.3 Å². The number of para-hydroxylation sites is 1. The van der Waals surface area contributed by atoms with Gasteiger partial charge in [0.1, 0.15) is 12.4 Å². The van der Waals surface area contributed by atoms with Gasteiger partial charge in [0.05, 0.1) is 17.8 Å². The van der Waals surface area contributed by atoms with Crippen molar-refractivity contribution in [2.45, 2.75) is 6.61 Å². The Balaban J connectivity index is 1.79. The largest absolute Gasteiger partial charge is 0.493 e. The Morgan fingerprint density at radius 2 is 1.85 bits per heavy atom. The molecule has 0 saturated carbocycles. The molecule has 0 aliphatic rings. The summed E-state index contributed by atoms with van der Waals surface area (Å²) < 4.78 is 24.4. The summed E-state index contributed by atoms with van der Waals surface area (Å²) in [5, 5.41) is 0.398. The molecular formula is C21H17ClFNO2. The van der Waals surface area contributed by atoms with Gasteiger partial charge in [-0.25, -0.2) is 4.39 Å². The van der Waals surface area contributed by atoms with E-state index in [0.29, 0.717) is 22.1 Å². The molecule has 0 amide bonds. The Morgan fingerprint density at radius 1 is 1.04 bits per heavy atom. The lowest BCUT2D eigenvalue weighted by atomic mass is 10.2. The standard InChI is InChI=1S/C21H17ClFNO2/c1-25-20-12-16(13-24-18-8-3-2-4-9-18)11-19(22)21(20)26-14-15-6-5-7-17(23)10-15/h2-13H,14H2,1H3.